The van der Waals surface area contributed by atoms with Gasteiger partial charge < -0.3 is 14.6 Å². The second-order valence-electron chi connectivity index (χ2n) is 4.77. The average Bonchev–Trinajstić information content (AvgIpc) is 3.16. The number of carbonyl (C=O) groups excluding carboxylic acids is 1. The maximum absolute atomic E-state index is 11.6. The average molecular weight is 304 g/mol. The van der Waals surface area contributed by atoms with Crippen molar-refractivity contribution < 1.29 is 14.1 Å². The molecule has 0 aliphatic carbocycles. The standard InChI is InChI=1S/C13H16N6O3/c1-3-9-16-11(22-18-9)8(2)15-12-14-5-4-10(17-12)19-6-7-21-13(19)20/h4-5,8H,3,6-7H2,1-2H3,(H,14,15,17). The van der Waals surface area contributed by atoms with E-state index in [9.17, 15) is 4.79 Å². The molecule has 1 aliphatic heterocycles. The summed E-state index contributed by atoms with van der Waals surface area (Å²) in [4.78, 5) is 25.7. The number of hydrogen-bond donors (Lipinski definition) is 1. The van der Waals surface area contributed by atoms with Crippen molar-refractivity contribution in [3.05, 3.63) is 24.0 Å². The molecule has 0 saturated carbocycles. The summed E-state index contributed by atoms with van der Waals surface area (Å²) in [6.45, 7) is 4.67. The fraction of sp³-hybridized carbons (Fsp3) is 0.462. The topological polar surface area (TPSA) is 106 Å². The quantitative estimate of drug-likeness (QED) is 0.886. The molecular weight excluding hydrogens is 288 g/mol. The Bertz CT molecular complexity index is 673. The van der Waals surface area contributed by atoms with Gasteiger partial charge >= 0.3 is 6.09 Å². The first-order valence-corrected chi connectivity index (χ1v) is 7.03. The van der Waals surface area contributed by atoms with Crippen LogP contribution in [0.25, 0.3) is 0 Å². The Kier molecular flexibility index (Phi) is 3.86. The van der Waals surface area contributed by atoms with Crippen LogP contribution < -0.4 is 10.2 Å². The van der Waals surface area contributed by atoms with Crippen molar-refractivity contribution in [2.24, 2.45) is 0 Å². The van der Waals surface area contributed by atoms with Crippen LogP contribution in [0.15, 0.2) is 16.8 Å². The van der Waals surface area contributed by atoms with E-state index >= 15 is 0 Å². The highest BCUT2D eigenvalue weighted by molar-refractivity contribution is 5.88. The normalized spacial score (nSPS) is 15.7. The first-order valence-electron chi connectivity index (χ1n) is 7.03. The maximum Gasteiger partial charge on any atom is 0.415 e. The number of hydrogen-bond acceptors (Lipinski definition) is 8. The van der Waals surface area contributed by atoms with Gasteiger partial charge in [0, 0.05) is 12.6 Å². The van der Waals surface area contributed by atoms with Gasteiger partial charge in [0.1, 0.15) is 18.5 Å². The number of rotatable bonds is 5. The van der Waals surface area contributed by atoms with E-state index < -0.39 is 6.09 Å². The molecule has 1 saturated heterocycles. The molecule has 116 valence electrons. The van der Waals surface area contributed by atoms with Gasteiger partial charge in [0.05, 0.1) is 6.54 Å². The number of aromatic nitrogens is 4. The van der Waals surface area contributed by atoms with Gasteiger partial charge in [0.25, 0.3) is 0 Å². The largest absolute Gasteiger partial charge is 0.447 e. The highest BCUT2D eigenvalue weighted by Crippen LogP contribution is 2.19. The summed E-state index contributed by atoms with van der Waals surface area (Å²) in [5.41, 5.74) is 0. The molecule has 2 aromatic heterocycles. The van der Waals surface area contributed by atoms with Gasteiger partial charge in [-0.15, -0.1) is 0 Å². The molecule has 1 aliphatic rings. The van der Waals surface area contributed by atoms with Crippen LogP contribution in [-0.2, 0) is 11.2 Å². The lowest BCUT2D eigenvalue weighted by molar-refractivity contribution is 0.181. The summed E-state index contributed by atoms with van der Waals surface area (Å²) in [7, 11) is 0. The summed E-state index contributed by atoms with van der Waals surface area (Å²) in [6.07, 6.45) is 1.88. The highest BCUT2D eigenvalue weighted by atomic mass is 16.6. The number of aryl methyl sites for hydroxylation is 1. The van der Waals surface area contributed by atoms with Crippen LogP contribution in [-0.4, -0.2) is 39.4 Å². The van der Waals surface area contributed by atoms with Gasteiger partial charge in [-0.05, 0) is 13.0 Å². The van der Waals surface area contributed by atoms with Crippen LogP contribution in [0.5, 0.6) is 0 Å². The molecule has 9 nitrogen and oxygen atoms in total. The monoisotopic (exact) mass is 304 g/mol. The lowest BCUT2D eigenvalue weighted by Gasteiger charge is -2.14. The molecule has 0 spiro atoms. The number of ether oxygens (including phenoxy) is 1. The summed E-state index contributed by atoms with van der Waals surface area (Å²) >= 11 is 0. The van der Waals surface area contributed by atoms with Gasteiger partial charge in [0.15, 0.2) is 5.82 Å². The number of amides is 1. The second-order valence-corrected chi connectivity index (χ2v) is 4.77. The Morgan fingerprint density at radius 2 is 2.32 bits per heavy atom. The van der Waals surface area contributed by atoms with Crippen molar-refractivity contribution in [1.29, 1.82) is 0 Å². The minimum atomic E-state index is -0.401. The SMILES string of the molecule is CCc1noc(C(C)Nc2nccc(N3CCOC3=O)n2)n1. The molecule has 9 heteroatoms. The second kappa shape index (κ2) is 5.96. The van der Waals surface area contributed by atoms with E-state index in [1.807, 2.05) is 13.8 Å². The number of anilines is 2. The molecular formula is C13H16N6O3. The van der Waals surface area contributed by atoms with Crippen molar-refractivity contribution in [3.63, 3.8) is 0 Å². The zero-order valence-corrected chi connectivity index (χ0v) is 12.3. The number of nitrogens with zero attached hydrogens (tertiary/aromatic N) is 5. The van der Waals surface area contributed by atoms with Crippen LogP contribution in [0.4, 0.5) is 16.6 Å². The third-order valence-corrected chi connectivity index (χ3v) is 3.19. The van der Waals surface area contributed by atoms with E-state index in [1.165, 1.54) is 4.90 Å². The van der Waals surface area contributed by atoms with E-state index in [2.05, 4.69) is 25.4 Å². The molecule has 3 heterocycles. The number of cyclic esters (lactones) is 1. The molecule has 1 unspecified atom stereocenters. The van der Waals surface area contributed by atoms with E-state index in [0.29, 0.717) is 43.1 Å². The Balaban J connectivity index is 1.73. The lowest BCUT2D eigenvalue weighted by Crippen LogP contribution is -2.25. The summed E-state index contributed by atoms with van der Waals surface area (Å²) < 4.78 is 10.1. The van der Waals surface area contributed by atoms with E-state index in [-0.39, 0.29) is 6.04 Å². The Hall–Kier alpha value is -2.71. The van der Waals surface area contributed by atoms with E-state index in [4.69, 9.17) is 9.26 Å². The van der Waals surface area contributed by atoms with Crippen LogP contribution in [0, 0.1) is 0 Å². The van der Waals surface area contributed by atoms with Crippen LogP contribution in [0.3, 0.4) is 0 Å². The van der Waals surface area contributed by atoms with Gasteiger partial charge in [0.2, 0.25) is 11.8 Å². The minimum Gasteiger partial charge on any atom is -0.447 e. The van der Waals surface area contributed by atoms with Crippen LogP contribution >= 0.6 is 0 Å². The fourth-order valence-corrected chi connectivity index (χ4v) is 2.01. The number of nitrogens with one attached hydrogen (secondary N) is 1. The maximum atomic E-state index is 11.6. The molecule has 0 bridgehead atoms. The molecule has 2 aromatic rings. The molecule has 1 fully saturated rings. The van der Waals surface area contributed by atoms with Crippen LogP contribution in [0.1, 0.15) is 31.6 Å². The van der Waals surface area contributed by atoms with E-state index in [0.717, 1.165) is 0 Å². The van der Waals surface area contributed by atoms with Gasteiger partial charge in [-0.1, -0.05) is 12.1 Å². The first kappa shape index (κ1) is 14.2. The molecule has 0 radical (unpaired) electrons. The number of carbonyl (C=O) groups is 1. The van der Waals surface area contributed by atoms with Gasteiger partial charge in [-0.3, -0.25) is 4.90 Å². The molecule has 1 atom stereocenters. The summed E-state index contributed by atoms with van der Waals surface area (Å²) in [6, 6.07) is 1.42. The minimum absolute atomic E-state index is 0.242. The van der Waals surface area contributed by atoms with Crippen molar-refractivity contribution in [3.8, 4) is 0 Å². The molecule has 1 amide bonds. The summed E-state index contributed by atoms with van der Waals surface area (Å²) in [5, 5.41) is 6.93. The van der Waals surface area contributed by atoms with Crippen LogP contribution in [0.2, 0.25) is 0 Å². The first-order chi connectivity index (χ1) is 10.7. The van der Waals surface area contributed by atoms with Gasteiger partial charge in [-0.25, -0.2) is 9.78 Å². The predicted octanol–water partition coefficient (Wildman–Crippen LogP) is 1.55. The highest BCUT2D eigenvalue weighted by Gasteiger charge is 2.25. The summed E-state index contributed by atoms with van der Waals surface area (Å²) in [5.74, 6) is 1.98. The van der Waals surface area contributed by atoms with Crippen molar-refractivity contribution >= 4 is 17.9 Å². The fourth-order valence-electron chi connectivity index (χ4n) is 2.01. The lowest BCUT2D eigenvalue weighted by atomic mass is 10.3. The predicted molar refractivity (Wildman–Crippen MR) is 76.4 cm³/mol. The molecule has 0 aromatic carbocycles. The Morgan fingerprint density at radius 3 is 3.00 bits per heavy atom. The molecule has 1 N–H and O–H groups in total. The zero-order valence-electron chi connectivity index (χ0n) is 12.3. The van der Waals surface area contributed by atoms with Crippen molar-refractivity contribution in [1.82, 2.24) is 20.1 Å². The third-order valence-electron chi connectivity index (χ3n) is 3.19. The molecule has 3 rings (SSSR count). The smallest absolute Gasteiger partial charge is 0.415 e. The third kappa shape index (κ3) is 2.83. The van der Waals surface area contributed by atoms with Crippen molar-refractivity contribution in [2.45, 2.75) is 26.3 Å². The van der Waals surface area contributed by atoms with Gasteiger partial charge in [-0.2, -0.15) is 9.97 Å². The molecule has 22 heavy (non-hydrogen) atoms. The Labute approximate surface area is 126 Å². The van der Waals surface area contributed by atoms with E-state index in [1.54, 1.807) is 12.3 Å². The van der Waals surface area contributed by atoms with Crippen molar-refractivity contribution in [2.75, 3.05) is 23.4 Å². The zero-order chi connectivity index (χ0) is 15.5. The Morgan fingerprint density at radius 1 is 1.45 bits per heavy atom.